The van der Waals surface area contributed by atoms with Crippen molar-refractivity contribution in [2.45, 2.75) is 44.4 Å². The number of aliphatic hydroxyl groups is 1. The molecule has 2 aromatic rings. The molecule has 1 fully saturated rings. The first kappa shape index (κ1) is 18.9. The molecule has 0 amide bonds. The lowest BCUT2D eigenvalue weighted by Gasteiger charge is -2.30. The van der Waals surface area contributed by atoms with Crippen molar-refractivity contribution in [1.29, 1.82) is 0 Å². The molecular formula is C18H18ClF3N2O2. The van der Waals surface area contributed by atoms with Crippen LogP contribution in [0.2, 0.25) is 5.02 Å². The van der Waals surface area contributed by atoms with Gasteiger partial charge in [0.25, 0.3) is 5.56 Å². The van der Waals surface area contributed by atoms with E-state index in [1.54, 1.807) is 24.3 Å². The molecule has 1 saturated carbocycles. The monoisotopic (exact) mass is 386 g/mol. The maximum Gasteiger partial charge on any atom is 0.391 e. The van der Waals surface area contributed by atoms with Crippen molar-refractivity contribution in [2.75, 3.05) is 0 Å². The first-order chi connectivity index (χ1) is 12.3. The summed E-state index contributed by atoms with van der Waals surface area (Å²) in [4.78, 5) is 16.9. The fourth-order valence-electron chi connectivity index (χ4n) is 3.43. The van der Waals surface area contributed by atoms with Crippen molar-refractivity contribution in [1.82, 2.24) is 9.55 Å². The number of alkyl halides is 3. The van der Waals surface area contributed by atoms with Crippen LogP contribution >= 0.6 is 11.6 Å². The molecule has 1 aliphatic carbocycles. The molecule has 8 heteroatoms. The van der Waals surface area contributed by atoms with E-state index in [4.69, 9.17) is 11.6 Å². The zero-order chi connectivity index (χ0) is 18.9. The second-order valence-corrected chi connectivity index (χ2v) is 6.94. The third kappa shape index (κ3) is 3.94. The molecule has 3 rings (SSSR count). The van der Waals surface area contributed by atoms with Gasteiger partial charge < -0.3 is 5.11 Å². The topological polar surface area (TPSA) is 55.1 Å². The standard InChI is InChI=1S/C18H18ClF3N2O2/c19-13-5-7-15(8-6-13)24-16(26)9-14(10-25)23-17(24)11-1-3-12(4-2-11)18(20,21)22/h5-9,11-12,25H,1-4,10H2. The minimum absolute atomic E-state index is 0.00794. The van der Waals surface area contributed by atoms with Crippen LogP contribution in [0.15, 0.2) is 35.1 Å². The van der Waals surface area contributed by atoms with E-state index in [1.807, 2.05) is 0 Å². The van der Waals surface area contributed by atoms with Crippen molar-refractivity contribution >= 4 is 11.6 Å². The predicted molar refractivity (Wildman–Crippen MR) is 91.5 cm³/mol. The highest BCUT2D eigenvalue weighted by Crippen LogP contribution is 2.42. The molecule has 1 aliphatic rings. The zero-order valence-electron chi connectivity index (χ0n) is 13.8. The van der Waals surface area contributed by atoms with Gasteiger partial charge in [-0.3, -0.25) is 9.36 Å². The highest BCUT2D eigenvalue weighted by atomic mass is 35.5. The fourth-order valence-corrected chi connectivity index (χ4v) is 3.56. The van der Waals surface area contributed by atoms with E-state index in [-0.39, 0.29) is 30.0 Å². The number of hydrogen-bond acceptors (Lipinski definition) is 3. The van der Waals surface area contributed by atoms with Crippen LogP contribution in [0.3, 0.4) is 0 Å². The van der Waals surface area contributed by atoms with Crippen molar-refractivity contribution in [2.24, 2.45) is 5.92 Å². The van der Waals surface area contributed by atoms with Gasteiger partial charge in [-0.25, -0.2) is 4.98 Å². The molecule has 1 heterocycles. The van der Waals surface area contributed by atoms with Crippen LogP contribution in [-0.4, -0.2) is 20.8 Å². The van der Waals surface area contributed by atoms with Crippen LogP contribution in [0.1, 0.15) is 43.1 Å². The van der Waals surface area contributed by atoms with Crippen molar-refractivity contribution in [3.05, 3.63) is 57.2 Å². The van der Waals surface area contributed by atoms with Gasteiger partial charge in [0.15, 0.2) is 0 Å². The molecule has 0 bridgehead atoms. The summed E-state index contributed by atoms with van der Waals surface area (Å²) in [7, 11) is 0. The van der Waals surface area contributed by atoms with E-state index in [1.165, 1.54) is 10.6 Å². The van der Waals surface area contributed by atoms with Crippen LogP contribution in [0, 0.1) is 5.92 Å². The van der Waals surface area contributed by atoms with Gasteiger partial charge in [-0.1, -0.05) is 11.6 Å². The Hall–Kier alpha value is -1.86. The third-order valence-corrected chi connectivity index (χ3v) is 5.05. The summed E-state index contributed by atoms with van der Waals surface area (Å²) in [5.74, 6) is -1.19. The summed E-state index contributed by atoms with van der Waals surface area (Å²) < 4.78 is 40.2. The van der Waals surface area contributed by atoms with Gasteiger partial charge in [-0.15, -0.1) is 0 Å². The number of rotatable bonds is 3. The Labute approximate surface area is 153 Å². The van der Waals surface area contributed by atoms with Gasteiger partial charge >= 0.3 is 6.18 Å². The van der Waals surface area contributed by atoms with E-state index in [2.05, 4.69) is 4.98 Å². The normalized spacial score (nSPS) is 21.0. The van der Waals surface area contributed by atoms with E-state index in [9.17, 15) is 23.1 Å². The van der Waals surface area contributed by atoms with E-state index < -0.39 is 18.7 Å². The molecule has 26 heavy (non-hydrogen) atoms. The molecule has 140 valence electrons. The average Bonchev–Trinajstić information content (AvgIpc) is 2.61. The lowest BCUT2D eigenvalue weighted by Crippen LogP contribution is -2.31. The lowest BCUT2D eigenvalue weighted by atomic mass is 9.81. The third-order valence-electron chi connectivity index (χ3n) is 4.80. The quantitative estimate of drug-likeness (QED) is 0.859. The van der Waals surface area contributed by atoms with Crippen molar-refractivity contribution < 1.29 is 18.3 Å². The molecule has 0 radical (unpaired) electrons. The Morgan fingerprint density at radius 1 is 1.15 bits per heavy atom. The number of halogens is 4. The molecule has 4 nitrogen and oxygen atoms in total. The van der Waals surface area contributed by atoms with Crippen LogP contribution in [-0.2, 0) is 6.61 Å². The maximum absolute atomic E-state index is 12.9. The summed E-state index contributed by atoms with van der Waals surface area (Å²) in [5.41, 5.74) is 0.386. The second-order valence-electron chi connectivity index (χ2n) is 6.50. The molecule has 1 N–H and O–H groups in total. The van der Waals surface area contributed by atoms with Crippen LogP contribution in [0.25, 0.3) is 5.69 Å². The number of aromatic nitrogens is 2. The molecule has 0 atom stereocenters. The van der Waals surface area contributed by atoms with E-state index >= 15 is 0 Å². The molecular weight excluding hydrogens is 369 g/mol. The highest BCUT2D eigenvalue weighted by molar-refractivity contribution is 6.30. The van der Waals surface area contributed by atoms with Crippen molar-refractivity contribution in [3.63, 3.8) is 0 Å². The van der Waals surface area contributed by atoms with Crippen molar-refractivity contribution in [3.8, 4) is 5.69 Å². The van der Waals surface area contributed by atoms with Gasteiger partial charge in [0.1, 0.15) is 5.82 Å². The molecule has 0 saturated heterocycles. The Morgan fingerprint density at radius 2 is 1.77 bits per heavy atom. The van der Waals surface area contributed by atoms with Gasteiger partial charge in [-0.2, -0.15) is 13.2 Å². The number of hydrogen-bond donors (Lipinski definition) is 1. The molecule has 0 aliphatic heterocycles. The molecule has 0 spiro atoms. The molecule has 1 aromatic carbocycles. The Bertz CT molecular complexity index is 826. The summed E-state index contributed by atoms with van der Waals surface area (Å²) in [6.07, 6.45) is -3.60. The largest absolute Gasteiger partial charge is 0.391 e. The predicted octanol–water partition coefficient (Wildman–Crippen LogP) is 4.21. The summed E-state index contributed by atoms with van der Waals surface area (Å²) in [5, 5.41) is 9.86. The smallest absolute Gasteiger partial charge is 0.390 e. The molecule has 0 unspecified atom stereocenters. The Kier molecular flexibility index (Phi) is 5.39. The Balaban J connectivity index is 1.99. The minimum Gasteiger partial charge on any atom is -0.390 e. The number of nitrogens with zero attached hydrogens (tertiary/aromatic N) is 2. The summed E-state index contributed by atoms with van der Waals surface area (Å²) in [6.45, 7) is -0.401. The molecule has 1 aromatic heterocycles. The summed E-state index contributed by atoms with van der Waals surface area (Å²) in [6, 6.07) is 7.82. The SMILES string of the molecule is O=c1cc(CO)nc(C2CCC(C(F)(F)F)CC2)n1-c1ccc(Cl)cc1. The maximum atomic E-state index is 12.9. The van der Waals surface area contributed by atoms with E-state index in [0.717, 1.165) is 0 Å². The van der Waals surface area contributed by atoms with Gasteiger partial charge in [0.05, 0.1) is 23.9 Å². The van der Waals surface area contributed by atoms with Gasteiger partial charge in [-0.05, 0) is 49.9 Å². The van der Waals surface area contributed by atoms with Crippen LogP contribution < -0.4 is 5.56 Å². The zero-order valence-corrected chi connectivity index (χ0v) is 14.6. The van der Waals surface area contributed by atoms with Gasteiger partial charge in [0.2, 0.25) is 0 Å². The first-order valence-corrected chi connectivity index (χ1v) is 8.73. The minimum atomic E-state index is -4.19. The lowest BCUT2D eigenvalue weighted by molar-refractivity contribution is -0.182. The summed E-state index contributed by atoms with van der Waals surface area (Å²) >= 11 is 5.89. The van der Waals surface area contributed by atoms with Crippen LogP contribution in [0.4, 0.5) is 13.2 Å². The first-order valence-electron chi connectivity index (χ1n) is 8.36. The Morgan fingerprint density at radius 3 is 2.31 bits per heavy atom. The number of aliphatic hydroxyl groups excluding tert-OH is 1. The van der Waals surface area contributed by atoms with Crippen LogP contribution in [0.5, 0.6) is 0 Å². The van der Waals surface area contributed by atoms with E-state index in [0.29, 0.717) is 29.4 Å². The van der Waals surface area contributed by atoms with Gasteiger partial charge in [0, 0.05) is 17.0 Å². The number of benzene rings is 1. The average molecular weight is 387 g/mol. The fraction of sp³-hybridized carbons (Fsp3) is 0.444. The second kappa shape index (κ2) is 7.40. The highest BCUT2D eigenvalue weighted by Gasteiger charge is 2.42.